The number of ether oxygens (including phenoxy) is 3. The van der Waals surface area contributed by atoms with Crippen molar-refractivity contribution in [2.45, 2.75) is 38.2 Å². The van der Waals surface area contributed by atoms with Crippen molar-refractivity contribution in [2.24, 2.45) is 5.92 Å². The minimum absolute atomic E-state index is 0.0196. The van der Waals surface area contributed by atoms with Crippen molar-refractivity contribution in [1.29, 1.82) is 0 Å². The van der Waals surface area contributed by atoms with Crippen LogP contribution < -0.4 is 0 Å². The van der Waals surface area contributed by atoms with Crippen LogP contribution in [0.15, 0.2) is 43.0 Å². The summed E-state index contributed by atoms with van der Waals surface area (Å²) in [6.45, 7) is 6.93. The molecule has 0 unspecified atom stereocenters. The van der Waals surface area contributed by atoms with Gasteiger partial charge in [0.25, 0.3) is 0 Å². The van der Waals surface area contributed by atoms with Gasteiger partial charge in [0, 0.05) is 13.0 Å². The van der Waals surface area contributed by atoms with Crippen LogP contribution in [-0.4, -0.2) is 49.4 Å². The molecule has 7 nitrogen and oxygen atoms in total. The summed E-state index contributed by atoms with van der Waals surface area (Å²) < 4.78 is 16.0. The molecule has 0 heterocycles. The molecule has 1 aromatic rings. The predicted octanol–water partition coefficient (Wildman–Crippen LogP) is 2.73. The van der Waals surface area contributed by atoms with Crippen LogP contribution in [0.5, 0.6) is 0 Å². The first-order valence-corrected chi connectivity index (χ1v) is 9.15. The quantitative estimate of drug-likeness (QED) is 0.332. The van der Waals surface area contributed by atoms with Crippen molar-refractivity contribution in [3.05, 3.63) is 48.6 Å². The summed E-state index contributed by atoms with van der Waals surface area (Å²) >= 11 is 0. The third kappa shape index (κ3) is 4.98. The van der Waals surface area contributed by atoms with E-state index in [1.54, 1.807) is 50.3 Å². The largest absolute Gasteiger partial charge is 0.481 e. The maximum atomic E-state index is 13.2. The first kappa shape index (κ1) is 23.4. The molecule has 0 radical (unpaired) electrons. The van der Waals surface area contributed by atoms with Crippen LogP contribution in [0.2, 0.25) is 0 Å². The van der Waals surface area contributed by atoms with Gasteiger partial charge < -0.3 is 19.3 Å². The highest BCUT2D eigenvalue weighted by Crippen LogP contribution is 2.41. The van der Waals surface area contributed by atoms with Crippen molar-refractivity contribution in [3.63, 3.8) is 0 Å². The Morgan fingerprint density at radius 3 is 2.04 bits per heavy atom. The molecular formula is C21H28O7. The molecule has 1 N–H and O–H groups in total. The van der Waals surface area contributed by atoms with Crippen molar-refractivity contribution in [3.8, 4) is 0 Å². The topological polar surface area (TPSA) is 99.1 Å². The minimum Gasteiger partial charge on any atom is -0.481 e. The van der Waals surface area contributed by atoms with Crippen molar-refractivity contribution < 1.29 is 33.7 Å². The number of benzene rings is 1. The van der Waals surface area contributed by atoms with Gasteiger partial charge in [0.15, 0.2) is 5.41 Å². The van der Waals surface area contributed by atoms with E-state index in [1.807, 2.05) is 0 Å². The van der Waals surface area contributed by atoms with E-state index in [2.05, 4.69) is 6.58 Å². The molecular weight excluding hydrogens is 364 g/mol. The lowest BCUT2D eigenvalue weighted by Crippen LogP contribution is -2.56. The third-order valence-electron chi connectivity index (χ3n) is 4.53. The lowest BCUT2D eigenvalue weighted by atomic mass is 9.65. The molecule has 1 aromatic carbocycles. The Bertz CT molecular complexity index is 651. The highest BCUT2D eigenvalue weighted by molar-refractivity contribution is 6.07. The number of carboxylic acids is 1. The number of rotatable bonds is 12. The Balaban J connectivity index is 3.83. The summed E-state index contributed by atoms with van der Waals surface area (Å²) in [7, 11) is 1.40. The number of esters is 2. The number of methoxy groups -OCH3 is 1. The van der Waals surface area contributed by atoms with Gasteiger partial charge in [-0.3, -0.25) is 14.4 Å². The molecule has 0 aliphatic heterocycles. The van der Waals surface area contributed by atoms with Gasteiger partial charge in [-0.2, -0.15) is 0 Å². The van der Waals surface area contributed by atoms with Gasteiger partial charge in [-0.1, -0.05) is 36.4 Å². The Morgan fingerprint density at radius 1 is 1.11 bits per heavy atom. The van der Waals surface area contributed by atoms with Gasteiger partial charge in [-0.25, -0.2) is 0 Å². The van der Waals surface area contributed by atoms with E-state index in [4.69, 9.17) is 14.2 Å². The van der Waals surface area contributed by atoms with E-state index >= 15 is 0 Å². The number of carbonyl (C=O) groups excluding carboxylic acids is 2. The van der Waals surface area contributed by atoms with Gasteiger partial charge >= 0.3 is 17.9 Å². The predicted molar refractivity (Wildman–Crippen MR) is 103 cm³/mol. The maximum Gasteiger partial charge on any atom is 0.328 e. The van der Waals surface area contributed by atoms with Crippen LogP contribution in [0.3, 0.4) is 0 Å². The molecule has 0 spiro atoms. The number of carbonyl (C=O) groups is 3. The van der Waals surface area contributed by atoms with Gasteiger partial charge in [0.05, 0.1) is 25.7 Å². The molecule has 0 amide bonds. The monoisotopic (exact) mass is 392 g/mol. The van der Waals surface area contributed by atoms with Crippen molar-refractivity contribution >= 4 is 17.9 Å². The molecule has 2 atom stereocenters. The van der Waals surface area contributed by atoms with Crippen LogP contribution >= 0.6 is 0 Å². The number of carboxylic acid groups (broad SMARTS) is 1. The Morgan fingerprint density at radius 2 is 1.64 bits per heavy atom. The van der Waals surface area contributed by atoms with Gasteiger partial charge in [-0.05, 0) is 25.8 Å². The lowest BCUT2D eigenvalue weighted by Gasteiger charge is -2.39. The summed E-state index contributed by atoms with van der Waals surface area (Å²) in [5.74, 6) is -3.98. The molecule has 0 saturated heterocycles. The molecule has 154 valence electrons. The molecule has 1 rings (SSSR count). The van der Waals surface area contributed by atoms with Crippen LogP contribution in [0.4, 0.5) is 0 Å². The normalized spacial score (nSPS) is 13.2. The van der Waals surface area contributed by atoms with Crippen molar-refractivity contribution in [1.82, 2.24) is 0 Å². The highest BCUT2D eigenvalue weighted by atomic mass is 16.6. The van der Waals surface area contributed by atoms with Crippen LogP contribution in [-0.2, 0) is 34.0 Å². The Labute approximate surface area is 165 Å². The SMILES string of the molecule is C=CC[C@H](OC)[C@@H](CC(=O)O)C(C(=O)OCC)(C(=O)OCC)c1ccccc1. The zero-order valence-corrected chi connectivity index (χ0v) is 16.6. The zero-order chi connectivity index (χ0) is 21.2. The van der Waals surface area contributed by atoms with E-state index in [0.717, 1.165) is 0 Å². The average molecular weight is 392 g/mol. The van der Waals surface area contributed by atoms with E-state index in [0.29, 0.717) is 5.56 Å². The molecule has 28 heavy (non-hydrogen) atoms. The van der Waals surface area contributed by atoms with E-state index < -0.39 is 41.8 Å². The summed E-state index contributed by atoms with van der Waals surface area (Å²) in [5.41, 5.74) is -1.70. The summed E-state index contributed by atoms with van der Waals surface area (Å²) in [4.78, 5) is 38.2. The number of hydrogen-bond acceptors (Lipinski definition) is 6. The number of hydrogen-bond donors (Lipinski definition) is 1. The van der Waals surface area contributed by atoms with Gasteiger partial charge in [0.2, 0.25) is 0 Å². The van der Waals surface area contributed by atoms with E-state index in [9.17, 15) is 19.5 Å². The fraction of sp³-hybridized carbons (Fsp3) is 0.476. The molecule has 7 heteroatoms. The van der Waals surface area contributed by atoms with E-state index in [-0.39, 0.29) is 19.6 Å². The fourth-order valence-corrected chi connectivity index (χ4v) is 3.37. The first-order valence-electron chi connectivity index (χ1n) is 9.15. The molecule has 0 aliphatic carbocycles. The second-order valence-electron chi connectivity index (χ2n) is 6.12. The standard InChI is InChI=1S/C21H28O7/c1-5-11-17(26-4)16(14-18(22)23)21(19(24)27-6-2,20(25)28-7-3)15-12-9-8-10-13-15/h5,8-10,12-13,16-17H,1,6-7,11,14H2,2-4H3,(H,22,23)/t16-,17+/m1/s1. The van der Waals surface area contributed by atoms with Gasteiger partial charge in [0.1, 0.15) is 0 Å². The van der Waals surface area contributed by atoms with Crippen LogP contribution in [0, 0.1) is 5.92 Å². The smallest absolute Gasteiger partial charge is 0.328 e. The summed E-state index contributed by atoms with van der Waals surface area (Å²) in [6.07, 6.45) is 0.512. The van der Waals surface area contributed by atoms with Crippen LogP contribution in [0.25, 0.3) is 0 Å². The molecule has 0 bridgehead atoms. The highest BCUT2D eigenvalue weighted by Gasteiger charge is 2.59. The Kier molecular flexibility index (Phi) is 9.38. The molecule has 0 aliphatic rings. The number of aliphatic carboxylic acids is 1. The van der Waals surface area contributed by atoms with Crippen molar-refractivity contribution in [2.75, 3.05) is 20.3 Å². The minimum atomic E-state index is -1.99. The van der Waals surface area contributed by atoms with Crippen LogP contribution in [0.1, 0.15) is 32.3 Å². The van der Waals surface area contributed by atoms with Gasteiger partial charge in [-0.15, -0.1) is 6.58 Å². The maximum absolute atomic E-state index is 13.2. The first-order chi connectivity index (χ1) is 13.4. The zero-order valence-electron chi connectivity index (χ0n) is 16.6. The summed E-state index contributed by atoms with van der Waals surface area (Å²) in [6, 6.07) is 8.23. The lowest BCUT2D eigenvalue weighted by molar-refractivity contribution is -0.173. The second kappa shape index (κ2) is 11.2. The third-order valence-corrected chi connectivity index (χ3v) is 4.53. The molecule has 0 aromatic heterocycles. The average Bonchev–Trinajstić information content (AvgIpc) is 2.67. The summed E-state index contributed by atoms with van der Waals surface area (Å²) in [5, 5.41) is 9.54. The molecule has 0 saturated carbocycles. The Hall–Kier alpha value is -2.67. The van der Waals surface area contributed by atoms with E-state index in [1.165, 1.54) is 7.11 Å². The second-order valence-corrected chi connectivity index (χ2v) is 6.12. The molecule has 0 fully saturated rings. The fourth-order valence-electron chi connectivity index (χ4n) is 3.37.